The molecule has 4 heteroatoms. The van der Waals surface area contributed by atoms with Crippen LogP contribution in [0.1, 0.15) is 48.6 Å². The Kier molecular flexibility index (Phi) is 3.78. The molecule has 1 atom stereocenters. The third-order valence-electron chi connectivity index (χ3n) is 4.00. The quantitative estimate of drug-likeness (QED) is 0.924. The van der Waals surface area contributed by atoms with E-state index >= 15 is 0 Å². The fourth-order valence-electron chi connectivity index (χ4n) is 3.12. The lowest BCUT2D eigenvalue weighted by Crippen LogP contribution is -2.17. The van der Waals surface area contributed by atoms with Gasteiger partial charge in [-0.2, -0.15) is 0 Å². The first-order chi connectivity index (χ1) is 9.34. The van der Waals surface area contributed by atoms with Crippen LogP contribution in [0.25, 0.3) is 0 Å². The van der Waals surface area contributed by atoms with Gasteiger partial charge in [-0.25, -0.2) is 0 Å². The molecule has 2 aromatic rings. The van der Waals surface area contributed by atoms with E-state index in [2.05, 4.69) is 40.5 Å². The van der Waals surface area contributed by atoms with Gasteiger partial charge in [0, 0.05) is 5.92 Å². The molecular formula is C15H19N3S. The number of hydrogen-bond donors (Lipinski definition) is 1. The molecule has 0 radical (unpaired) electrons. The van der Waals surface area contributed by atoms with Crippen LogP contribution in [0.4, 0.5) is 5.13 Å². The fraction of sp³-hybridized carbons (Fsp3) is 0.467. The molecule has 1 saturated carbocycles. The summed E-state index contributed by atoms with van der Waals surface area (Å²) in [6.45, 7) is 0. The van der Waals surface area contributed by atoms with Gasteiger partial charge in [-0.3, -0.25) is 0 Å². The molecule has 1 aromatic carbocycles. The standard InChI is InChI=1S/C15H19N3S/c16-15-18-17-14(19-15)13(11-7-3-1-4-8-11)12-9-5-2-6-10-12/h1,3-4,7-8,12-13H,2,5-6,9-10H2,(H2,16,18). The van der Waals surface area contributed by atoms with Gasteiger partial charge < -0.3 is 5.73 Å². The van der Waals surface area contributed by atoms with Crippen LogP contribution in [0.3, 0.4) is 0 Å². The highest BCUT2D eigenvalue weighted by Crippen LogP contribution is 2.41. The van der Waals surface area contributed by atoms with E-state index in [0.29, 0.717) is 17.0 Å². The molecule has 3 rings (SSSR count). The van der Waals surface area contributed by atoms with Crippen LogP contribution in [-0.2, 0) is 0 Å². The smallest absolute Gasteiger partial charge is 0.203 e. The summed E-state index contributed by atoms with van der Waals surface area (Å²) < 4.78 is 0. The SMILES string of the molecule is Nc1nnc(C(c2ccccc2)C2CCCCC2)s1. The lowest BCUT2D eigenvalue weighted by Gasteiger charge is -2.29. The Hall–Kier alpha value is -1.42. The van der Waals surface area contributed by atoms with Crippen molar-refractivity contribution in [3.63, 3.8) is 0 Å². The first-order valence-electron chi connectivity index (χ1n) is 6.98. The van der Waals surface area contributed by atoms with E-state index in [0.717, 1.165) is 5.01 Å². The van der Waals surface area contributed by atoms with Crippen LogP contribution in [0.15, 0.2) is 30.3 Å². The monoisotopic (exact) mass is 273 g/mol. The van der Waals surface area contributed by atoms with Gasteiger partial charge in [0.15, 0.2) is 0 Å². The Labute approximate surface area is 117 Å². The van der Waals surface area contributed by atoms with Gasteiger partial charge in [-0.15, -0.1) is 10.2 Å². The first kappa shape index (κ1) is 12.6. The van der Waals surface area contributed by atoms with Crippen LogP contribution < -0.4 is 5.73 Å². The number of anilines is 1. The van der Waals surface area contributed by atoms with Gasteiger partial charge in [0.25, 0.3) is 0 Å². The van der Waals surface area contributed by atoms with Crippen molar-refractivity contribution in [1.29, 1.82) is 0 Å². The van der Waals surface area contributed by atoms with E-state index in [4.69, 9.17) is 5.73 Å². The van der Waals surface area contributed by atoms with Crippen molar-refractivity contribution in [3.8, 4) is 0 Å². The third-order valence-corrected chi connectivity index (χ3v) is 4.84. The van der Waals surface area contributed by atoms with Crippen molar-refractivity contribution in [1.82, 2.24) is 10.2 Å². The molecule has 3 nitrogen and oxygen atoms in total. The van der Waals surface area contributed by atoms with Crippen LogP contribution in [0.5, 0.6) is 0 Å². The maximum Gasteiger partial charge on any atom is 0.203 e. The fourth-order valence-corrected chi connectivity index (χ4v) is 3.95. The summed E-state index contributed by atoms with van der Waals surface area (Å²) in [7, 11) is 0. The molecule has 0 aliphatic heterocycles. The lowest BCUT2D eigenvalue weighted by atomic mass is 9.77. The van der Waals surface area contributed by atoms with E-state index in [-0.39, 0.29) is 0 Å². The largest absolute Gasteiger partial charge is 0.374 e. The van der Waals surface area contributed by atoms with Crippen molar-refractivity contribution in [3.05, 3.63) is 40.9 Å². The molecule has 2 N–H and O–H groups in total. The summed E-state index contributed by atoms with van der Waals surface area (Å²) >= 11 is 1.54. The van der Waals surface area contributed by atoms with Crippen LogP contribution in [0.2, 0.25) is 0 Å². The highest BCUT2D eigenvalue weighted by molar-refractivity contribution is 7.15. The van der Waals surface area contributed by atoms with Gasteiger partial charge in [0.05, 0.1) is 0 Å². The van der Waals surface area contributed by atoms with E-state index in [9.17, 15) is 0 Å². The minimum absolute atomic E-state index is 0.372. The molecule has 100 valence electrons. The predicted molar refractivity (Wildman–Crippen MR) is 79.2 cm³/mol. The van der Waals surface area contributed by atoms with Crippen molar-refractivity contribution < 1.29 is 0 Å². The maximum absolute atomic E-state index is 5.77. The van der Waals surface area contributed by atoms with Gasteiger partial charge >= 0.3 is 0 Å². The minimum atomic E-state index is 0.372. The molecule has 0 spiro atoms. The molecule has 1 heterocycles. The molecule has 0 amide bonds. The molecule has 1 unspecified atom stereocenters. The molecule has 1 aliphatic carbocycles. The number of hydrogen-bond acceptors (Lipinski definition) is 4. The average Bonchev–Trinajstić information content (AvgIpc) is 2.88. The Balaban J connectivity index is 1.95. The second-order valence-corrected chi connectivity index (χ2v) is 6.31. The van der Waals surface area contributed by atoms with E-state index in [1.165, 1.54) is 49.0 Å². The summed E-state index contributed by atoms with van der Waals surface area (Å²) in [4.78, 5) is 0. The summed E-state index contributed by atoms with van der Waals surface area (Å²) in [6.07, 6.45) is 6.62. The summed E-state index contributed by atoms with van der Waals surface area (Å²) in [5, 5.41) is 9.97. The second kappa shape index (κ2) is 5.70. The first-order valence-corrected chi connectivity index (χ1v) is 7.80. The van der Waals surface area contributed by atoms with Crippen molar-refractivity contribution in [2.45, 2.75) is 38.0 Å². The second-order valence-electron chi connectivity index (χ2n) is 5.26. The Morgan fingerprint density at radius 1 is 1.05 bits per heavy atom. The normalized spacial score (nSPS) is 18.3. The average molecular weight is 273 g/mol. The molecule has 0 saturated heterocycles. The number of nitrogen functional groups attached to an aromatic ring is 1. The van der Waals surface area contributed by atoms with Gasteiger partial charge in [-0.05, 0) is 24.3 Å². The van der Waals surface area contributed by atoms with Gasteiger partial charge in [-0.1, -0.05) is 60.9 Å². The van der Waals surface area contributed by atoms with Crippen LogP contribution >= 0.6 is 11.3 Å². The molecule has 0 bridgehead atoms. The zero-order valence-electron chi connectivity index (χ0n) is 11.0. The van der Waals surface area contributed by atoms with Gasteiger partial charge in [0.1, 0.15) is 5.01 Å². The van der Waals surface area contributed by atoms with Crippen molar-refractivity contribution in [2.24, 2.45) is 5.92 Å². The molecule has 1 aromatic heterocycles. The summed E-state index contributed by atoms with van der Waals surface area (Å²) in [5.41, 5.74) is 7.12. The number of rotatable bonds is 3. The van der Waals surface area contributed by atoms with E-state index < -0.39 is 0 Å². The van der Waals surface area contributed by atoms with Crippen molar-refractivity contribution in [2.75, 3.05) is 5.73 Å². The number of nitrogens with zero attached hydrogens (tertiary/aromatic N) is 2. The highest BCUT2D eigenvalue weighted by Gasteiger charge is 2.29. The van der Waals surface area contributed by atoms with Crippen molar-refractivity contribution >= 4 is 16.5 Å². The molecule has 1 aliphatic rings. The molecular weight excluding hydrogens is 254 g/mol. The Morgan fingerprint density at radius 3 is 2.42 bits per heavy atom. The topological polar surface area (TPSA) is 51.8 Å². The minimum Gasteiger partial charge on any atom is -0.374 e. The van der Waals surface area contributed by atoms with E-state index in [1.54, 1.807) is 0 Å². The summed E-state index contributed by atoms with van der Waals surface area (Å²) in [5.74, 6) is 1.06. The Morgan fingerprint density at radius 2 is 1.79 bits per heavy atom. The van der Waals surface area contributed by atoms with Crippen LogP contribution in [-0.4, -0.2) is 10.2 Å². The Bertz CT molecular complexity index is 517. The maximum atomic E-state index is 5.77. The van der Waals surface area contributed by atoms with E-state index in [1.807, 2.05) is 0 Å². The predicted octanol–water partition coefficient (Wildman–Crippen LogP) is 3.83. The number of benzene rings is 1. The van der Waals surface area contributed by atoms with Gasteiger partial charge in [0.2, 0.25) is 5.13 Å². The number of nitrogens with two attached hydrogens (primary N) is 1. The number of aromatic nitrogens is 2. The van der Waals surface area contributed by atoms with Crippen LogP contribution in [0, 0.1) is 5.92 Å². The third kappa shape index (κ3) is 2.78. The zero-order chi connectivity index (χ0) is 13.1. The molecule has 1 fully saturated rings. The zero-order valence-corrected chi connectivity index (χ0v) is 11.8. The lowest BCUT2D eigenvalue weighted by molar-refractivity contribution is 0.326. The molecule has 19 heavy (non-hydrogen) atoms. The highest BCUT2D eigenvalue weighted by atomic mass is 32.1. The summed E-state index contributed by atoms with van der Waals surface area (Å²) in [6, 6.07) is 10.7.